The van der Waals surface area contributed by atoms with Crippen molar-refractivity contribution < 1.29 is 4.79 Å². The molecule has 1 aromatic heterocycles. The predicted octanol–water partition coefficient (Wildman–Crippen LogP) is 3.70. The summed E-state index contributed by atoms with van der Waals surface area (Å²) in [5.74, 6) is -0.00451. The number of carbonyl (C=O) groups is 1. The van der Waals surface area contributed by atoms with Gasteiger partial charge < -0.3 is 4.90 Å². The molecule has 21 heavy (non-hydrogen) atoms. The molecule has 0 aliphatic rings. The van der Waals surface area contributed by atoms with Gasteiger partial charge in [0.25, 0.3) is 5.91 Å². The maximum absolute atomic E-state index is 12.5. The Kier molecular flexibility index (Phi) is 4.68. The first-order chi connectivity index (χ1) is 9.95. The molecule has 4 nitrogen and oxygen atoms in total. The first kappa shape index (κ1) is 15.6. The summed E-state index contributed by atoms with van der Waals surface area (Å²) in [7, 11) is 1.83. The fourth-order valence-electron chi connectivity index (χ4n) is 2.15. The molecule has 1 atom stereocenters. The van der Waals surface area contributed by atoms with E-state index in [1.165, 1.54) is 0 Å². The molecule has 1 amide bonds. The molecule has 1 heterocycles. The minimum absolute atomic E-state index is 0.00451. The van der Waals surface area contributed by atoms with Crippen molar-refractivity contribution >= 4 is 17.5 Å². The van der Waals surface area contributed by atoms with Crippen LogP contribution >= 0.6 is 11.6 Å². The summed E-state index contributed by atoms with van der Waals surface area (Å²) >= 11 is 6.01. The van der Waals surface area contributed by atoms with Gasteiger partial charge in [-0.1, -0.05) is 24.6 Å². The van der Waals surface area contributed by atoms with Gasteiger partial charge in [0.05, 0.1) is 23.1 Å². The molecule has 0 saturated carbocycles. The highest BCUT2D eigenvalue weighted by atomic mass is 35.5. The van der Waals surface area contributed by atoms with Gasteiger partial charge in [-0.05, 0) is 38.5 Å². The molecule has 0 N–H and O–H groups in total. The zero-order valence-electron chi connectivity index (χ0n) is 12.8. The molecule has 0 aliphatic carbocycles. The Hall–Kier alpha value is -1.81. The number of benzene rings is 1. The zero-order valence-corrected chi connectivity index (χ0v) is 13.6. The average Bonchev–Trinajstić information content (AvgIpc) is 2.86. The number of amides is 1. The van der Waals surface area contributed by atoms with E-state index < -0.39 is 0 Å². The van der Waals surface area contributed by atoms with Gasteiger partial charge in [0, 0.05) is 18.1 Å². The molecule has 0 radical (unpaired) electrons. The highest BCUT2D eigenvalue weighted by Crippen LogP contribution is 2.19. The third-order valence-corrected chi connectivity index (χ3v) is 4.10. The van der Waals surface area contributed by atoms with Crippen molar-refractivity contribution in [3.05, 3.63) is 46.7 Å². The Bertz CT molecular complexity index is 651. The number of rotatable bonds is 4. The predicted molar refractivity (Wildman–Crippen MR) is 85.2 cm³/mol. The maximum atomic E-state index is 12.5. The van der Waals surface area contributed by atoms with Crippen molar-refractivity contribution in [2.75, 3.05) is 7.05 Å². The summed E-state index contributed by atoms with van der Waals surface area (Å²) in [6.45, 7) is 6.00. The van der Waals surface area contributed by atoms with Crippen molar-refractivity contribution in [1.82, 2.24) is 14.7 Å². The van der Waals surface area contributed by atoms with Crippen LogP contribution in [-0.2, 0) is 0 Å². The van der Waals surface area contributed by atoms with Gasteiger partial charge in [-0.15, -0.1) is 0 Å². The van der Waals surface area contributed by atoms with E-state index in [4.69, 9.17) is 11.6 Å². The van der Waals surface area contributed by atoms with Crippen LogP contribution in [0.5, 0.6) is 0 Å². The van der Waals surface area contributed by atoms with E-state index >= 15 is 0 Å². The SMILES string of the molecule is CCC(C)N(C)C(=O)c1cnn(-c2cccc(Cl)c2)c1C. The summed E-state index contributed by atoms with van der Waals surface area (Å²) in [6.07, 6.45) is 2.54. The molecule has 1 aromatic carbocycles. The number of aromatic nitrogens is 2. The molecule has 2 rings (SSSR count). The van der Waals surface area contributed by atoms with Crippen molar-refractivity contribution in [3.63, 3.8) is 0 Å². The molecule has 0 saturated heterocycles. The lowest BCUT2D eigenvalue weighted by molar-refractivity contribution is 0.0740. The van der Waals surface area contributed by atoms with E-state index in [1.54, 1.807) is 15.8 Å². The largest absolute Gasteiger partial charge is 0.339 e. The van der Waals surface area contributed by atoms with Crippen molar-refractivity contribution in [3.8, 4) is 5.69 Å². The molecular formula is C16H20ClN3O. The van der Waals surface area contributed by atoms with Gasteiger partial charge in [0.15, 0.2) is 0 Å². The van der Waals surface area contributed by atoms with Crippen molar-refractivity contribution in [2.45, 2.75) is 33.2 Å². The Morgan fingerprint density at radius 1 is 1.48 bits per heavy atom. The standard InChI is InChI=1S/C16H20ClN3O/c1-5-11(2)19(4)16(21)15-10-18-20(12(15)3)14-8-6-7-13(17)9-14/h6-11H,5H2,1-4H3. The lowest BCUT2D eigenvalue weighted by Crippen LogP contribution is -2.34. The van der Waals surface area contributed by atoms with Gasteiger partial charge in [0.1, 0.15) is 0 Å². The van der Waals surface area contributed by atoms with Gasteiger partial charge in [-0.3, -0.25) is 4.79 Å². The van der Waals surface area contributed by atoms with E-state index in [0.717, 1.165) is 17.8 Å². The van der Waals surface area contributed by atoms with Gasteiger partial charge >= 0.3 is 0 Å². The van der Waals surface area contributed by atoms with E-state index in [2.05, 4.69) is 12.0 Å². The zero-order chi connectivity index (χ0) is 15.6. The maximum Gasteiger partial charge on any atom is 0.257 e. The molecule has 112 valence electrons. The normalized spacial score (nSPS) is 12.2. The Labute approximate surface area is 130 Å². The second-order valence-corrected chi connectivity index (χ2v) is 5.65. The highest BCUT2D eigenvalue weighted by Gasteiger charge is 2.21. The van der Waals surface area contributed by atoms with Crippen LogP contribution in [0.1, 0.15) is 36.3 Å². The fourth-order valence-corrected chi connectivity index (χ4v) is 2.34. The first-order valence-corrected chi connectivity index (χ1v) is 7.41. The summed E-state index contributed by atoms with van der Waals surface area (Å²) in [4.78, 5) is 14.3. The number of carbonyl (C=O) groups excluding carboxylic acids is 1. The minimum atomic E-state index is -0.00451. The Balaban J connectivity index is 2.35. The van der Waals surface area contributed by atoms with Crippen molar-refractivity contribution in [1.29, 1.82) is 0 Å². The first-order valence-electron chi connectivity index (χ1n) is 7.03. The smallest absolute Gasteiger partial charge is 0.257 e. The third kappa shape index (κ3) is 3.10. The van der Waals surface area contributed by atoms with Crippen LogP contribution in [0.25, 0.3) is 5.69 Å². The number of nitrogens with zero attached hydrogens (tertiary/aromatic N) is 3. The van der Waals surface area contributed by atoms with Crippen LogP contribution in [0.3, 0.4) is 0 Å². The fraction of sp³-hybridized carbons (Fsp3) is 0.375. The minimum Gasteiger partial charge on any atom is -0.339 e. The van der Waals surface area contributed by atoms with Crippen LogP contribution in [0.2, 0.25) is 5.02 Å². The summed E-state index contributed by atoms with van der Waals surface area (Å²) in [5, 5.41) is 4.97. The number of hydrogen-bond donors (Lipinski definition) is 0. The Morgan fingerprint density at radius 2 is 2.19 bits per heavy atom. The van der Waals surface area contributed by atoms with Crippen molar-refractivity contribution in [2.24, 2.45) is 0 Å². The summed E-state index contributed by atoms with van der Waals surface area (Å²) in [5.41, 5.74) is 2.29. The topological polar surface area (TPSA) is 38.1 Å². The molecule has 5 heteroatoms. The van der Waals surface area contributed by atoms with E-state index in [-0.39, 0.29) is 11.9 Å². The quantitative estimate of drug-likeness (QED) is 0.863. The molecule has 2 aromatic rings. The molecular weight excluding hydrogens is 286 g/mol. The third-order valence-electron chi connectivity index (χ3n) is 3.87. The van der Waals surface area contributed by atoms with Crippen LogP contribution in [0.4, 0.5) is 0 Å². The summed E-state index contributed by atoms with van der Waals surface area (Å²) < 4.78 is 1.74. The second-order valence-electron chi connectivity index (χ2n) is 5.21. The number of hydrogen-bond acceptors (Lipinski definition) is 2. The highest BCUT2D eigenvalue weighted by molar-refractivity contribution is 6.30. The molecule has 0 bridgehead atoms. The Morgan fingerprint density at radius 3 is 2.81 bits per heavy atom. The van der Waals surface area contributed by atoms with Crippen LogP contribution in [0.15, 0.2) is 30.5 Å². The molecule has 0 aliphatic heterocycles. The van der Waals surface area contributed by atoms with E-state index in [0.29, 0.717) is 10.6 Å². The van der Waals surface area contributed by atoms with Crippen LogP contribution < -0.4 is 0 Å². The lowest BCUT2D eigenvalue weighted by atomic mass is 10.1. The molecule has 0 fully saturated rings. The average molecular weight is 306 g/mol. The van der Waals surface area contributed by atoms with Gasteiger partial charge in [-0.25, -0.2) is 4.68 Å². The van der Waals surface area contributed by atoms with Crippen LogP contribution in [0, 0.1) is 6.92 Å². The molecule has 1 unspecified atom stereocenters. The second kappa shape index (κ2) is 6.31. The number of halogens is 1. The van der Waals surface area contributed by atoms with Crippen LogP contribution in [-0.4, -0.2) is 33.7 Å². The lowest BCUT2D eigenvalue weighted by Gasteiger charge is -2.23. The van der Waals surface area contributed by atoms with Gasteiger partial charge in [-0.2, -0.15) is 5.10 Å². The molecule has 0 spiro atoms. The van der Waals surface area contributed by atoms with Gasteiger partial charge in [0.2, 0.25) is 0 Å². The van der Waals surface area contributed by atoms with E-state index in [9.17, 15) is 4.79 Å². The monoisotopic (exact) mass is 305 g/mol. The summed E-state index contributed by atoms with van der Waals surface area (Å²) in [6, 6.07) is 7.62. The van der Waals surface area contributed by atoms with E-state index in [1.807, 2.05) is 45.2 Å².